The fourth-order valence-corrected chi connectivity index (χ4v) is 2.63. The molecule has 0 saturated heterocycles. The Hall–Kier alpha value is -0.830. The minimum atomic E-state index is 0.0564. The van der Waals surface area contributed by atoms with Crippen LogP contribution in [-0.2, 0) is 6.42 Å². The zero-order chi connectivity index (χ0) is 10.7. The molecule has 1 aromatic heterocycles. The largest absolute Gasteiger partial charge is 0.324 e. The third-order valence-electron chi connectivity index (χ3n) is 2.27. The first-order valence-corrected chi connectivity index (χ1v) is 6.05. The fourth-order valence-electron chi connectivity index (χ4n) is 1.50. The highest BCUT2D eigenvalue weighted by Gasteiger charge is 2.07. The molecule has 0 bridgehead atoms. The van der Waals surface area contributed by atoms with Gasteiger partial charge in [-0.3, -0.25) is 0 Å². The van der Waals surface area contributed by atoms with Crippen molar-refractivity contribution < 1.29 is 0 Å². The lowest BCUT2D eigenvalue weighted by Gasteiger charge is -2.10. The van der Waals surface area contributed by atoms with Gasteiger partial charge in [0.25, 0.3) is 0 Å². The number of nitrogens with two attached hydrogens (primary N) is 1. The Morgan fingerprint density at radius 1 is 1.27 bits per heavy atom. The van der Waals surface area contributed by atoms with E-state index in [0.717, 1.165) is 11.4 Å². The maximum absolute atomic E-state index is 6.10. The summed E-state index contributed by atoms with van der Waals surface area (Å²) in [5, 5.41) is 2.74. The monoisotopic (exact) mass is 237 g/mol. The van der Waals surface area contributed by atoms with Crippen molar-refractivity contribution in [3.05, 3.63) is 57.2 Å². The van der Waals surface area contributed by atoms with E-state index in [0.29, 0.717) is 0 Å². The van der Waals surface area contributed by atoms with Crippen molar-refractivity contribution in [1.29, 1.82) is 0 Å². The van der Waals surface area contributed by atoms with E-state index in [1.54, 1.807) is 11.3 Å². The molecule has 1 aromatic carbocycles. The maximum atomic E-state index is 6.10. The van der Waals surface area contributed by atoms with Crippen LogP contribution in [0.1, 0.15) is 16.5 Å². The van der Waals surface area contributed by atoms with Gasteiger partial charge >= 0.3 is 0 Å². The summed E-state index contributed by atoms with van der Waals surface area (Å²) in [7, 11) is 0. The van der Waals surface area contributed by atoms with Crippen molar-refractivity contribution in [1.82, 2.24) is 0 Å². The van der Waals surface area contributed by atoms with E-state index in [4.69, 9.17) is 17.3 Å². The predicted molar refractivity (Wildman–Crippen MR) is 66.4 cm³/mol. The quantitative estimate of drug-likeness (QED) is 0.867. The Balaban J connectivity index is 2.07. The van der Waals surface area contributed by atoms with Crippen LogP contribution in [0, 0.1) is 0 Å². The van der Waals surface area contributed by atoms with Crippen LogP contribution in [0.2, 0.25) is 5.02 Å². The second kappa shape index (κ2) is 4.79. The zero-order valence-electron chi connectivity index (χ0n) is 8.19. The summed E-state index contributed by atoms with van der Waals surface area (Å²) in [5.41, 5.74) is 7.27. The number of halogens is 1. The standard InChI is InChI=1S/C12H12ClNS/c13-10-6-11(15-8-10)7-12(14)9-4-2-1-3-5-9/h1-6,8,12H,7,14H2. The summed E-state index contributed by atoms with van der Waals surface area (Å²) in [6.07, 6.45) is 0.849. The normalized spacial score (nSPS) is 12.7. The molecule has 1 atom stereocenters. The molecule has 0 aliphatic carbocycles. The molecule has 1 nitrogen and oxygen atoms in total. The van der Waals surface area contributed by atoms with Gasteiger partial charge in [0.15, 0.2) is 0 Å². The predicted octanol–water partition coefficient (Wildman–Crippen LogP) is 3.64. The van der Waals surface area contributed by atoms with E-state index >= 15 is 0 Å². The molecule has 0 aliphatic heterocycles. The van der Waals surface area contributed by atoms with E-state index in [9.17, 15) is 0 Å². The molecular weight excluding hydrogens is 226 g/mol. The van der Waals surface area contributed by atoms with E-state index in [1.807, 2.05) is 29.6 Å². The van der Waals surface area contributed by atoms with Crippen LogP contribution >= 0.6 is 22.9 Å². The van der Waals surface area contributed by atoms with Gasteiger partial charge < -0.3 is 5.73 Å². The Bertz CT molecular complexity index is 424. The molecule has 0 aliphatic rings. The Morgan fingerprint density at radius 3 is 2.60 bits per heavy atom. The SMILES string of the molecule is NC(Cc1cc(Cl)cs1)c1ccccc1. The van der Waals surface area contributed by atoms with Crippen molar-refractivity contribution in [2.24, 2.45) is 5.73 Å². The zero-order valence-corrected chi connectivity index (χ0v) is 9.76. The maximum Gasteiger partial charge on any atom is 0.0515 e. The molecule has 2 rings (SSSR count). The number of hydrogen-bond acceptors (Lipinski definition) is 2. The van der Waals surface area contributed by atoms with Crippen molar-refractivity contribution in [2.45, 2.75) is 12.5 Å². The van der Waals surface area contributed by atoms with Crippen molar-refractivity contribution in [3.63, 3.8) is 0 Å². The number of thiophene rings is 1. The third-order valence-corrected chi connectivity index (χ3v) is 3.58. The van der Waals surface area contributed by atoms with Crippen molar-refractivity contribution in [3.8, 4) is 0 Å². The first-order valence-electron chi connectivity index (χ1n) is 4.79. The lowest BCUT2D eigenvalue weighted by Crippen LogP contribution is -2.12. The Morgan fingerprint density at radius 2 is 2.00 bits per heavy atom. The van der Waals surface area contributed by atoms with Crippen LogP contribution in [0.4, 0.5) is 0 Å². The van der Waals surface area contributed by atoms with Crippen LogP contribution in [0.3, 0.4) is 0 Å². The summed E-state index contributed by atoms with van der Waals surface area (Å²) in [6, 6.07) is 12.2. The van der Waals surface area contributed by atoms with Crippen LogP contribution in [-0.4, -0.2) is 0 Å². The molecule has 1 unspecified atom stereocenters. The van der Waals surface area contributed by atoms with Gasteiger partial charge in [0.05, 0.1) is 5.02 Å². The first-order chi connectivity index (χ1) is 7.25. The van der Waals surface area contributed by atoms with Gasteiger partial charge in [0.2, 0.25) is 0 Å². The fraction of sp³-hybridized carbons (Fsp3) is 0.167. The number of benzene rings is 1. The molecule has 0 fully saturated rings. The smallest absolute Gasteiger partial charge is 0.0515 e. The average molecular weight is 238 g/mol. The molecule has 2 aromatic rings. The van der Waals surface area contributed by atoms with E-state index in [2.05, 4.69) is 12.1 Å². The minimum absolute atomic E-state index is 0.0564. The number of hydrogen-bond donors (Lipinski definition) is 1. The van der Waals surface area contributed by atoms with Gasteiger partial charge in [-0.25, -0.2) is 0 Å². The van der Waals surface area contributed by atoms with Gasteiger partial charge in [-0.15, -0.1) is 11.3 Å². The highest BCUT2D eigenvalue weighted by atomic mass is 35.5. The third kappa shape index (κ3) is 2.81. The van der Waals surface area contributed by atoms with Gasteiger partial charge in [0, 0.05) is 22.7 Å². The van der Waals surface area contributed by atoms with E-state index < -0.39 is 0 Å². The van der Waals surface area contributed by atoms with Crippen LogP contribution in [0.5, 0.6) is 0 Å². The van der Waals surface area contributed by atoms with Crippen molar-refractivity contribution in [2.75, 3.05) is 0 Å². The Kier molecular flexibility index (Phi) is 3.41. The molecule has 78 valence electrons. The first kappa shape index (κ1) is 10.7. The van der Waals surface area contributed by atoms with Gasteiger partial charge in [-0.1, -0.05) is 41.9 Å². The second-order valence-electron chi connectivity index (χ2n) is 3.45. The van der Waals surface area contributed by atoms with Crippen LogP contribution < -0.4 is 5.73 Å². The number of rotatable bonds is 3. The molecule has 2 N–H and O–H groups in total. The van der Waals surface area contributed by atoms with Gasteiger partial charge in [0.1, 0.15) is 0 Å². The van der Waals surface area contributed by atoms with Gasteiger partial charge in [-0.2, -0.15) is 0 Å². The minimum Gasteiger partial charge on any atom is -0.324 e. The average Bonchev–Trinajstić information content (AvgIpc) is 2.65. The van der Waals surface area contributed by atoms with E-state index in [1.165, 1.54) is 10.4 Å². The molecule has 0 amide bonds. The summed E-state index contributed by atoms with van der Waals surface area (Å²) in [5.74, 6) is 0. The molecule has 0 saturated carbocycles. The lowest BCUT2D eigenvalue weighted by atomic mass is 10.0. The summed E-state index contributed by atoms with van der Waals surface area (Å²) in [4.78, 5) is 1.23. The molecule has 1 heterocycles. The van der Waals surface area contributed by atoms with E-state index in [-0.39, 0.29) is 6.04 Å². The lowest BCUT2D eigenvalue weighted by molar-refractivity contribution is 0.730. The topological polar surface area (TPSA) is 26.0 Å². The summed E-state index contributed by atoms with van der Waals surface area (Å²) in [6.45, 7) is 0. The van der Waals surface area contributed by atoms with Gasteiger partial charge in [-0.05, 0) is 11.6 Å². The molecule has 3 heteroatoms. The van der Waals surface area contributed by atoms with Crippen LogP contribution in [0.25, 0.3) is 0 Å². The van der Waals surface area contributed by atoms with Crippen LogP contribution in [0.15, 0.2) is 41.8 Å². The molecule has 15 heavy (non-hydrogen) atoms. The highest BCUT2D eigenvalue weighted by Crippen LogP contribution is 2.23. The summed E-state index contributed by atoms with van der Waals surface area (Å²) >= 11 is 7.52. The molecule has 0 radical (unpaired) electrons. The molecule has 0 spiro atoms. The Labute approximate surface area is 98.5 Å². The molecular formula is C12H12ClNS. The second-order valence-corrected chi connectivity index (χ2v) is 4.88. The van der Waals surface area contributed by atoms with Crippen molar-refractivity contribution >= 4 is 22.9 Å². The summed E-state index contributed by atoms with van der Waals surface area (Å²) < 4.78 is 0. The highest BCUT2D eigenvalue weighted by molar-refractivity contribution is 7.10.